The molecule has 0 fully saturated rings. The smallest absolute Gasteiger partial charge is 0.321 e. The van der Waals surface area contributed by atoms with Crippen molar-refractivity contribution in [1.82, 2.24) is 20.2 Å². The predicted molar refractivity (Wildman–Crippen MR) is 128 cm³/mol. The van der Waals surface area contributed by atoms with Crippen molar-refractivity contribution in [1.29, 1.82) is 0 Å². The summed E-state index contributed by atoms with van der Waals surface area (Å²) in [6.45, 7) is 2.64. The van der Waals surface area contributed by atoms with Gasteiger partial charge in [0.2, 0.25) is 5.91 Å². The molecule has 2 N–H and O–H groups in total. The standard InChI is InChI=1S/C23H30N4O5S/c1-4-24-22(30)26-20(28)14-33-23-25-17-13-19(32-3)18(31-2)12-16(17)21(29)27(23)11-10-15-8-6-5-7-9-15/h8,12-13H,4-7,9-11,14H2,1-3H3,(H2,24,26,28,30). The van der Waals surface area contributed by atoms with Gasteiger partial charge >= 0.3 is 6.03 Å². The van der Waals surface area contributed by atoms with Gasteiger partial charge in [-0.1, -0.05) is 23.4 Å². The Morgan fingerprint density at radius 2 is 1.94 bits per heavy atom. The number of amides is 3. The van der Waals surface area contributed by atoms with Crippen LogP contribution in [0.3, 0.4) is 0 Å². The van der Waals surface area contributed by atoms with E-state index in [2.05, 4.69) is 21.7 Å². The first-order valence-electron chi connectivity index (χ1n) is 11.0. The van der Waals surface area contributed by atoms with E-state index in [1.54, 1.807) is 23.6 Å². The summed E-state index contributed by atoms with van der Waals surface area (Å²) in [5, 5.41) is 5.62. The van der Waals surface area contributed by atoms with Gasteiger partial charge in [-0.15, -0.1) is 0 Å². The Balaban J connectivity index is 1.93. The molecule has 1 aliphatic rings. The molecule has 0 bridgehead atoms. The number of carbonyl (C=O) groups excluding carboxylic acids is 2. The third-order valence-electron chi connectivity index (χ3n) is 5.39. The summed E-state index contributed by atoms with van der Waals surface area (Å²) in [4.78, 5) is 41.9. The third kappa shape index (κ3) is 6.28. The first kappa shape index (κ1) is 24.6. The quantitative estimate of drug-likeness (QED) is 0.326. The number of urea groups is 1. The summed E-state index contributed by atoms with van der Waals surface area (Å²) in [6.07, 6.45) is 7.47. The van der Waals surface area contributed by atoms with Gasteiger partial charge in [-0.25, -0.2) is 9.78 Å². The van der Waals surface area contributed by atoms with Crippen LogP contribution < -0.4 is 25.7 Å². The van der Waals surface area contributed by atoms with Gasteiger partial charge in [-0.05, 0) is 45.1 Å². The van der Waals surface area contributed by atoms with Crippen LogP contribution in [-0.2, 0) is 11.3 Å². The lowest BCUT2D eigenvalue weighted by Crippen LogP contribution is -2.40. The lowest BCUT2D eigenvalue weighted by atomic mass is 9.97. The number of imide groups is 1. The number of aromatic nitrogens is 2. The maximum Gasteiger partial charge on any atom is 0.321 e. The Morgan fingerprint density at radius 3 is 2.61 bits per heavy atom. The molecule has 2 aromatic rings. The Morgan fingerprint density at radius 1 is 1.18 bits per heavy atom. The molecule has 10 heteroatoms. The second-order valence-corrected chi connectivity index (χ2v) is 8.57. The average molecular weight is 475 g/mol. The van der Waals surface area contributed by atoms with Crippen molar-refractivity contribution >= 4 is 34.6 Å². The molecule has 1 aromatic carbocycles. The van der Waals surface area contributed by atoms with Gasteiger partial charge in [0.05, 0.1) is 30.9 Å². The van der Waals surface area contributed by atoms with Gasteiger partial charge in [-0.2, -0.15) is 0 Å². The van der Waals surface area contributed by atoms with Crippen molar-refractivity contribution in [2.45, 2.75) is 50.7 Å². The second kappa shape index (κ2) is 11.7. The highest BCUT2D eigenvalue weighted by Crippen LogP contribution is 2.31. The van der Waals surface area contributed by atoms with Crippen molar-refractivity contribution in [3.63, 3.8) is 0 Å². The highest BCUT2D eigenvalue weighted by molar-refractivity contribution is 7.99. The summed E-state index contributed by atoms with van der Waals surface area (Å²) in [7, 11) is 3.03. The topological polar surface area (TPSA) is 112 Å². The van der Waals surface area contributed by atoms with E-state index in [4.69, 9.17) is 9.47 Å². The van der Waals surface area contributed by atoms with Crippen LogP contribution >= 0.6 is 11.8 Å². The summed E-state index contributed by atoms with van der Waals surface area (Å²) in [6, 6.07) is 2.74. The van der Waals surface area contributed by atoms with Gasteiger partial charge < -0.3 is 14.8 Å². The molecular weight excluding hydrogens is 444 g/mol. The SMILES string of the molecule is CCNC(=O)NC(=O)CSc1nc2cc(OC)c(OC)cc2c(=O)n1CCC1=CCCCC1. The van der Waals surface area contributed by atoms with Gasteiger partial charge in [-0.3, -0.25) is 19.5 Å². The number of rotatable bonds is 9. The minimum absolute atomic E-state index is 0.0505. The molecule has 33 heavy (non-hydrogen) atoms. The van der Waals surface area contributed by atoms with E-state index in [0.29, 0.717) is 40.6 Å². The van der Waals surface area contributed by atoms with Crippen LogP contribution in [0.1, 0.15) is 39.0 Å². The number of benzene rings is 1. The van der Waals surface area contributed by atoms with Crippen LogP contribution in [-0.4, -0.2) is 48.0 Å². The molecule has 0 radical (unpaired) electrons. The molecule has 0 spiro atoms. The van der Waals surface area contributed by atoms with Crippen LogP contribution in [0, 0.1) is 0 Å². The predicted octanol–water partition coefficient (Wildman–Crippen LogP) is 3.24. The number of methoxy groups -OCH3 is 2. The van der Waals surface area contributed by atoms with Crippen LogP contribution in [0.15, 0.2) is 33.7 Å². The molecule has 0 atom stereocenters. The second-order valence-electron chi connectivity index (χ2n) is 7.63. The van der Waals surface area contributed by atoms with E-state index in [-0.39, 0.29) is 11.3 Å². The molecular formula is C23H30N4O5S. The molecule has 0 saturated heterocycles. The third-order valence-corrected chi connectivity index (χ3v) is 6.37. The lowest BCUT2D eigenvalue weighted by Gasteiger charge is -2.17. The van der Waals surface area contributed by atoms with E-state index in [1.807, 2.05) is 0 Å². The maximum absolute atomic E-state index is 13.4. The zero-order valence-corrected chi connectivity index (χ0v) is 20.0. The molecule has 0 unspecified atom stereocenters. The first-order valence-corrected chi connectivity index (χ1v) is 12.0. The number of thioether (sulfide) groups is 1. The van der Waals surface area contributed by atoms with Crippen molar-refractivity contribution in [2.24, 2.45) is 0 Å². The first-order chi connectivity index (χ1) is 16.0. The molecule has 178 valence electrons. The molecule has 9 nitrogen and oxygen atoms in total. The van der Waals surface area contributed by atoms with Crippen molar-refractivity contribution in [3.8, 4) is 11.5 Å². The molecule has 3 rings (SSSR count). The zero-order valence-electron chi connectivity index (χ0n) is 19.2. The number of allylic oxidation sites excluding steroid dienone is 2. The van der Waals surface area contributed by atoms with Crippen molar-refractivity contribution in [2.75, 3.05) is 26.5 Å². The number of ether oxygens (including phenoxy) is 2. The number of nitrogens with zero attached hydrogens (tertiary/aromatic N) is 2. The van der Waals surface area contributed by atoms with Crippen molar-refractivity contribution in [3.05, 3.63) is 34.1 Å². The fourth-order valence-electron chi connectivity index (χ4n) is 3.72. The highest BCUT2D eigenvalue weighted by atomic mass is 32.2. The molecule has 1 aromatic heterocycles. The fraction of sp³-hybridized carbons (Fsp3) is 0.478. The average Bonchev–Trinajstić information content (AvgIpc) is 2.82. The summed E-state index contributed by atoms with van der Waals surface area (Å²) in [5.74, 6) is 0.402. The summed E-state index contributed by atoms with van der Waals surface area (Å²) >= 11 is 1.12. The van der Waals surface area contributed by atoms with Crippen LogP contribution in [0.5, 0.6) is 11.5 Å². The maximum atomic E-state index is 13.4. The van der Waals surface area contributed by atoms with E-state index >= 15 is 0 Å². The number of fused-ring (bicyclic) bond motifs is 1. The number of carbonyl (C=O) groups is 2. The van der Waals surface area contributed by atoms with Crippen LogP contribution in [0.25, 0.3) is 10.9 Å². The summed E-state index contributed by atoms with van der Waals surface area (Å²) < 4.78 is 12.3. The molecule has 0 aliphatic heterocycles. The van der Waals surface area contributed by atoms with E-state index in [0.717, 1.165) is 37.4 Å². The zero-order chi connectivity index (χ0) is 23.8. The Kier molecular flexibility index (Phi) is 8.76. The number of hydrogen-bond acceptors (Lipinski definition) is 7. The van der Waals surface area contributed by atoms with E-state index in [1.165, 1.54) is 26.2 Å². The van der Waals surface area contributed by atoms with E-state index < -0.39 is 11.9 Å². The van der Waals surface area contributed by atoms with E-state index in [9.17, 15) is 14.4 Å². The van der Waals surface area contributed by atoms with Gasteiger partial charge in [0.25, 0.3) is 5.56 Å². The minimum Gasteiger partial charge on any atom is -0.493 e. The minimum atomic E-state index is -0.548. The van der Waals surface area contributed by atoms with Gasteiger partial charge in [0, 0.05) is 19.2 Å². The molecule has 0 saturated carbocycles. The number of nitrogens with one attached hydrogen (secondary N) is 2. The summed E-state index contributed by atoms with van der Waals surface area (Å²) in [5.41, 5.74) is 1.59. The van der Waals surface area contributed by atoms with Crippen LogP contribution in [0.4, 0.5) is 4.79 Å². The Labute approximate surface area is 196 Å². The molecule has 1 heterocycles. The van der Waals surface area contributed by atoms with Gasteiger partial charge in [0.15, 0.2) is 16.7 Å². The molecule has 3 amide bonds. The monoisotopic (exact) mass is 474 g/mol. The largest absolute Gasteiger partial charge is 0.493 e. The van der Waals surface area contributed by atoms with Crippen molar-refractivity contribution < 1.29 is 19.1 Å². The molecule has 1 aliphatic carbocycles. The Hall–Kier alpha value is -3.01. The van der Waals surface area contributed by atoms with Gasteiger partial charge in [0.1, 0.15) is 0 Å². The fourth-order valence-corrected chi connectivity index (χ4v) is 4.55. The van der Waals surface area contributed by atoms with Crippen LogP contribution in [0.2, 0.25) is 0 Å². The normalized spacial score (nSPS) is 13.4. The lowest BCUT2D eigenvalue weighted by molar-refractivity contribution is -0.117. The number of hydrogen-bond donors (Lipinski definition) is 2. The Bertz CT molecular complexity index is 1110. The highest BCUT2D eigenvalue weighted by Gasteiger charge is 2.17.